The number of aliphatic hydroxyl groups excluding tert-OH is 12. The number of nitrogens with one attached hydrogen (secondary N) is 1. The predicted molar refractivity (Wildman–Crippen MR) is 144 cm³/mol. The van der Waals surface area contributed by atoms with Crippen LogP contribution < -0.4 is 5.32 Å². The van der Waals surface area contributed by atoms with E-state index in [0.717, 1.165) is 6.92 Å². The number of aliphatic hydroxyl groups is 12. The van der Waals surface area contributed by atoms with Crippen molar-refractivity contribution in [3.05, 3.63) is 0 Å². The third-order valence-corrected chi connectivity index (χ3v) is 8.57. The van der Waals surface area contributed by atoms with Crippen molar-refractivity contribution < 1.29 is 99.2 Å². The topological polar surface area (TPSA) is 336 Å². The van der Waals surface area contributed by atoms with Crippen LogP contribution in [0.2, 0.25) is 0 Å². The summed E-state index contributed by atoms with van der Waals surface area (Å²) in [5.41, 5.74) is 0. The molecule has 0 spiro atoms. The molecule has 274 valence electrons. The summed E-state index contributed by atoms with van der Waals surface area (Å²) in [6.45, 7) is -0.149. The number of rotatable bonds is 10. The van der Waals surface area contributed by atoms with Gasteiger partial charge in [0.2, 0.25) is 5.91 Å². The summed E-state index contributed by atoms with van der Waals surface area (Å²) < 4.78 is 39.5. The first-order valence-electron chi connectivity index (χ1n) is 15.0. The van der Waals surface area contributed by atoms with Gasteiger partial charge in [0.1, 0.15) is 91.5 Å². The van der Waals surface area contributed by atoms with Crippen molar-refractivity contribution in [3.8, 4) is 0 Å². The van der Waals surface area contributed by atoms with E-state index in [2.05, 4.69) is 5.32 Å². The number of amides is 1. The Morgan fingerprint density at radius 1 is 0.553 bits per heavy atom. The Morgan fingerprint density at radius 3 is 1.62 bits per heavy atom. The van der Waals surface area contributed by atoms with E-state index in [0.29, 0.717) is 0 Å². The van der Waals surface area contributed by atoms with Gasteiger partial charge in [0.05, 0.1) is 25.9 Å². The molecule has 1 amide bonds. The number of carbonyl (C=O) groups excluding carboxylic acids is 1. The number of carbonyl (C=O) groups is 1. The van der Waals surface area contributed by atoms with Crippen molar-refractivity contribution in [1.82, 2.24) is 5.32 Å². The highest BCUT2D eigenvalue weighted by molar-refractivity contribution is 5.73. The molecule has 0 aromatic rings. The zero-order valence-corrected chi connectivity index (χ0v) is 25.3. The predicted octanol–water partition coefficient (Wildman–Crippen LogP) is -8.58. The number of hydrogen-bond donors (Lipinski definition) is 13. The minimum absolute atomic E-state index is 0.765. The lowest BCUT2D eigenvalue weighted by molar-refractivity contribution is -0.384. The van der Waals surface area contributed by atoms with Crippen LogP contribution >= 0.6 is 0 Å². The van der Waals surface area contributed by atoms with Gasteiger partial charge in [0.25, 0.3) is 0 Å². The molecule has 4 fully saturated rings. The standard InChI is InChI=1S/C26H45NO20/c1-6-12(32)15(35)17(37)25(41-6)45-20-10(5-30)44-24(47-22-14(34)9(4-29)42-23(40)19(22)39)11(27-7(2)31)21(20)46-26-18(38)16(36)13(33)8(3-28)43-26/h6,8-26,28-30,32-40H,3-5H2,1-2H3,(H,27,31)/t6-,8+,9+,10+,11+,12+,13-,14-,15+,16-,17-,18+,19+,20+,21+,22-,23?,24-,25-,26-/m0/s1. The van der Waals surface area contributed by atoms with Gasteiger partial charge < -0.3 is 99.8 Å². The Morgan fingerprint density at radius 2 is 1.04 bits per heavy atom. The summed E-state index contributed by atoms with van der Waals surface area (Å²) in [5, 5.41) is 126. The summed E-state index contributed by atoms with van der Waals surface area (Å²) in [6.07, 6.45) is -32.7. The first-order valence-corrected chi connectivity index (χ1v) is 15.0. The van der Waals surface area contributed by atoms with Gasteiger partial charge in [-0.15, -0.1) is 0 Å². The van der Waals surface area contributed by atoms with E-state index in [1.807, 2.05) is 0 Å². The lowest BCUT2D eigenvalue weighted by Crippen LogP contribution is -2.71. The van der Waals surface area contributed by atoms with Crippen LogP contribution in [0.3, 0.4) is 0 Å². The molecule has 21 heteroatoms. The van der Waals surface area contributed by atoms with E-state index < -0.39 is 148 Å². The molecule has 13 N–H and O–H groups in total. The van der Waals surface area contributed by atoms with E-state index in [9.17, 15) is 66.1 Å². The fraction of sp³-hybridized carbons (Fsp3) is 0.962. The van der Waals surface area contributed by atoms with Crippen LogP contribution in [-0.2, 0) is 38.0 Å². The van der Waals surface area contributed by atoms with Crippen LogP contribution in [0.1, 0.15) is 13.8 Å². The molecule has 47 heavy (non-hydrogen) atoms. The molecule has 21 nitrogen and oxygen atoms in total. The molecule has 4 heterocycles. The monoisotopic (exact) mass is 691 g/mol. The zero-order valence-electron chi connectivity index (χ0n) is 25.3. The van der Waals surface area contributed by atoms with Crippen molar-refractivity contribution >= 4 is 5.91 Å². The van der Waals surface area contributed by atoms with Gasteiger partial charge in [-0.05, 0) is 6.92 Å². The maximum atomic E-state index is 12.5. The minimum atomic E-state index is -1.99. The summed E-state index contributed by atoms with van der Waals surface area (Å²) >= 11 is 0. The first-order chi connectivity index (χ1) is 22.1. The molecule has 0 aromatic carbocycles. The highest BCUT2D eigenvalue weighted by Gasteiger charge is 2.56. The van der Waals surface area contributed by atoms with Crippen molar-refractivity contribution in [2.24, 2.45) is 0 Å². The molecule has 4 saturated heterocycles. The zero-order chi connectivity index (χ0) is 34.9. The second-order valence-electron chi connectivity index (χ2n) is 11.9. The number of ether oxygens (including phenoxy) is 7. The van der Waals surface area contributed by atoms with Crippen LogP contribution in [-0.4, -0.2) is 210 Å². The molecule has 0 aromatic heterocycles. The second kappa shape index (κ2) is 16.2. The quantitative estimate of drug-likeness (QED) is 0.101. The Bertz CT molecular complexity index is 1010. The maximum absolute atomic E-state index is 12.5. The second-order valence-corrected chi connectivity index (χ2v) is 11.9. The third-order valence-electron chi connectivity index (χ3n) is 8.57. The van der Waals surface area contributed by atoms with Crippen molar-refractivity contribution in [2.75, 3.05) is 19.8 Å². The summed E-state index contributed by atoms with van der Waals surface area (Å²) in [5.74, 6) is -0.765. The molecule has 0 aliphatic carbocycles. The smallest absolute Gasteiger partial charge is 0.217 e. The van der Waals surface area contributed by atoms with Gasteiger partial charge in [0, 0.05) is 6.92 Å². The lowest BCUT2D eigenvalue weighted by atomic mass is 9.93. The Balaban J connectivity index is 1.73. The van der Waals surface area contributed by atoms with E-state index in [4.69, 9.17) is 33.2 Å². The molecular formula is C26H45NO20. The highest BCUT2D eigenvalue weighted by atomic mass is 16.8. The minimum Gasteiger partial charge on any atom is -0.394 e. The summed E-state index contributed by atoms with van der Waals surface area (Å²) in [7, 11) is 0. The van der Waals surface area contributed by atoms with Crippen LogP contribution in [0, 0.1) is 0 Å². The molecule has 0 bridgehead atoms. The van der Waals surface area contributed by atoms with Crippen LogP contribution in [0.4, 0.5) is 0 Å². The number of hydrogen-bond acceptors (Lipinski definition) is 20. The summed E-state index contributed by atoms with van der Waals surface area (Å²) in [6, 6.07) is -1.62. The third kappa shape index (κ3) is 8.04. The van der Waals surface area contributed by atoms with Gasteiger partial charge in [-0.25, -0.2) is 0 Å². The van der Waals surface area contributed by atoms with Crippen LogP contribution in [0.25, 0.3) is 0 Å². The fourth-order valence-corrected chi connectivity index (χ4v) is 5.88. The van der Waals surface area contributed by atoms with Crippen molar-refractivity contribution in [1.29, 1.82) is 0 Å². The normalized spacial score (nSPS) is 51.0. The average Bonchev–Trinajstić information content (AvgIpc) is 3.04. The van der Waals surface area contributed by atoms with Gasteiger partial charge in [-0.1, -0.05) is 0 Å². The van der Waals surface area contributed by atoms with Gasteiger partial charge >= 0.3 is 0 Å². The summed E-state index contributed by atoms with van der Waals surface area (Å²) in [4.78, 5) is 12.5. The molecule has 1 unspecified atom stereocenters. The van der Waals surface area contributed by atoms with E-state index in [1.54, 1.807) is 0 Å². The molecule has 4 aliphatic rings. The average molecular weight is 692 g/mol. The maximum Gasteiger partial charge on any atom is 0.217 e. The van der Waals surface area contributed by atoms with Gasteiger partial charge in [0.15, 0.2) is 25.2 Å². The van der Waals surface area contributed by atoms with Crippen molar-refractivity contribution in [2.45, 2.75) is 137 Å². The van der Waals surface area contributed by atoms with Crippen LogP contribution in [0.15, 0.2) is 0 Å². The van der Waals surface area contributed by atoms with Crippen LogP contribution in [0.5, 0.6) is 0 Å². The molecular weight excluding hydrogens is 646 g/mol. The molecule has 20 atom stereocenters. The SMILES string of the molecule is CC(=O)N[C@H]1[C@H](O[C@H]2[C@@H](O)[C@@H](CO)OC(O)[C@@H]2O)O[C@H](CO)[C@@H](O[C@@H]2O[C@@H](C)[C@@H](O)[C@@H](O)[C@@H]2O)[C@@H]1O[C@@H]1O[C@H](CO)[C@H](O)[C@H](O)[C@H]1O. The largest absolute Gasteiger partial charge is 0.394 e. The molecule has 4 aliphatic heterocycles. The Labute approximate surface area is 267 Å². The van der Waals surface area contributed by atoms with E-state index >= 15 is 0 Å². The first kappa shape index (κ1) is 38.5. The van der Waals surface area contributed by atoms with Crippen molar-refractivity contribution in [3.63, 3.8) is 0 Å². The molecule has 0 saturated carbocycles. The van der Waals surface area contributed by atoms with E-state index in [1.165, 1.54) is 6.92 Å². The van der Waals surface area contributed by atoms with E-state index in [-0.39, 0.29) is 0 Å². The lowest BCUT2D eigenvalue weighted by Gasteiger charge is -2.51. The highest BCUT2D eigenvalue weighted by Crippen LogP contribution is 2.35. The molecule has 0 radical (unpaired) electrons. The Kier molecular flexibility index (Phi) is 13.2. The van der Waals surface area contributed by atoms with Gasteiger partial charge in [-0.3, -0.25) is 4.79 Å². The fourth-order valence-electron chi connectivity index (χ4n) is 5.88. The van der Waals surface area contributed by atoms with Gasteiger partial charge in [-0.2, -0.15) is 0 Å². The molecule has 4 rings (SSSR count). The Hall–Kier alpha value is -1.29.